The van der Waals surface area contributed by atoms with Crippen LogP contribution in [0.4, 0.5) is 4.39 Å². The Kier molecular flexibility index (Phi) is 6.25. The second-order valence-corrected chi connectivity index (χ2v) is 7.91. The Morgan fingerprint density at radius 3 is 2.67 bits per heavy atom. The quantitative estimate of drug-likeness (QED) is 0.749. The van der Waals surface area contributed by atoms with Crippen LogP contribution in [0.15, 0.2) is 30.5 Å². The Morgan fingerprint density at radius 1 is 1.13 bits per heavy atom. The molecule has 2 heterocycles. The van der Waals surface area contributed by atoms with Crippen LogP contribution in [0.5, 0.6) is 5.75 Å². The highest BCUT2D eigenvalue weighted by molar-refractivity contribution is 5.92. The van der Waals surface area contributed by atoms with E-state index in [1.165, 1.54) is 24.3 Å². The average Bonchev–Trinajstić information content (AvgIpc) is 3.50. The first-order valence-electron chi connectivity index (χ1n) is 10.5. The largest absolute Gasteiger partial charge is 0.484 e. The van der Waals surface area contributed by atoms with Crippen molar-refractivity contribution in [2.75, 3.05) is 13.2 Å². The fourth-order valence-corrected chi connectivity index (χ4v) is 4.15. The minimum absolute atomic E-state index is 0.0261. The van der Waals surface area contributed by atoms with Crippen LogP contribution in [0.3, 0.4) is 0 Å². The summed E-state index contributed by atoms with van der Waals surface area (Å²) in [7, 11) is 0. The Labute approximate surface area is 174 Å². The number of carbonyl (C=O) groups is 2. The van der Waals surface area contributed by atoms with Crippen LogP contribution in [0.25, 0.3) is 0 Å². The molecule has 8 nitrogen and oxygen atoms in total. The molecule has 2 fully saturated rings. The van der Waals surface area contributed by atoms with Crippen molar-refractivity contribution in [1.82, 2.24) is 25.2 Å². The fraction of sp³-hybridized carbons (Fsp3) is 0.524. The first-order valence-corrected chi connectivity index (χ1v) is 10.5. The molecule has 0 spiro atoms. The first-order chi connectivity index (χ1) is 14.6. The van der Waals surface area contributed by atoms with Crippen molar-refractivity contribution in [3.63, 3.8) is 0 Å². The molecule has 1 aromatic heterocycles. The lowest BCUT2D eigenvalue weighted by Crippen LogP contribution is -2.40. The Balaban J connectivity index is 1.30. The second-order valence-electron chi connectivity index (χ2n) is 7.91. The summed E-state index contributed by atoms with van der Waals surface area (Å²) in [4.78, 5) is 26.7. The van der Waals surface area contributed by atoms with Gasteiger partial charge in [0.05, 0.1) is 18.8 Å². The summed E-state index contributed by atoms with van der Waals surface area (Å²) in [6, 6.07) is 5.79. The van der Waals surface area contributed by atoms with Gasteiger partial charge >= 0.3 is 0 Å². The van der Waals surface area contributed by atoms with Crippen molar-refractivity contribution in [3.05, 3.63) is 42.0 Å². The van der Waals surface area contributed by atoms with Crippen LogP contribution in [-0.2, 0) is 11.3 Å². The predicted molar refractivity (Wildman–Crippen MR) is 106 cm³/mol. The van der Waals surface area contributed by atoms with Gasteiger partial charge in [0, 0.05) is 12.6 Å². The molecule has 1 N–H and O–H groups in total. The standard InChI is InChI=1S/C21H26FN5O3/c22-15-7-9-18(10-8-15)30-14-20(28)27-11-3-6-17(27)12-26-13-19(24-25-26)21(29)23-16-4-1-2-5-16/h7-10,13,16-17H,1-6,11-12,14H2,(H,23,29)/t17-/m0/s1. The Bertz CT molecular complexity index is 879. The van der Waals surface area contributed by atoms with Crippen LogP contribution in [0, 0.1) is 5.82 Å². The molecule has 0 unspecified atom stereocenters. The summed E-state index contributed by atoms with van der Waals surface area (Å²) >= 11 is 0. The summed E-state index contributed by atoms with van der Waals surface area (Å²) in [6.45, 7) is 1.03. The van der Waals surface area contributed by atoms with Crippen molar-refractivity contribution in [2.24, 2.45) is 0 Å². The van der Waals surface area contributed by atoms with Gasteiger partial charge in [-0.3, -0.25) is 9.59 Å². The SMILES string of the molecule is O=C(NC1CCCC1)c1cn(C[C@@H]2CCCN2C(=O)COc2ccc(F)cc2)nn1. The van der Waals surface area contributed by atoms with Gasteiger partial charge in [-0.1, -0.05) is 18.1 Å². The number of nitrogens with one attached hydrogen (secondary N) is 1. The van der Waals surface area contributed by atoms with Gasteiger partial charge < -0.3 is 15.0 Å². The van der Waals surface area contributed by atoms with Gasteiger partial charge in [-0.2, -0.15) is 0 Å². The highest BCUT2D eigenvalue weighted by Gasteiger charge is 2.30. The average molecular weight is 415 g/mol. The number of halogens is 1. The maximum absolute atomic E-state index is 13.0. The number of hydrogen-bond acceptors (Lipinski definition) is 5. The van der Waals surface area contributed by atoms with Crippen LogP contribution in [0.1, 0.15) is 49.0 Å². The number of aromatic nitrogens is 3. The summed E-state index contributed by atoms with van der Waals surface area (Å²) in [6.07, 6.45) is 7.71. The lowest BCUT2D eigenvalue weighted by Gasteiger charge is -2.24. The maximum atomic E-state index is 13.0. The van der Waals surface area contributed by atoms with Gasteiger partial charge in [0.2, 0.25) is 0 Å². The van der Waals surface area contributed by atoms with Crippen molar-refractivity contribution in [3.8, 4) is 5.75 Å². The second kappa shape index (κ2) is 9.23. The van der Waals surface area contributed by atoms with Crippen LogP contribution >= 0.6 is 0 Å². The number of benzene rings is 1. The number of hydrogen-bond donors (Lipinski definition) is 1. The molecule has 2 aliphatic rings. The zero-order valence-corrected chi connectivity index (χ0v) is 16.8. The first kappa shape index (κ1) is 20.3. The van der Waals surface area contributed by atoms with Crippen LogP contribution in [-0.4, -0.2) is 56.9 Å². The molecule has 4 rings (SSSR count). The molecular formula is C21H26FN5O3. The maximum Gasteiger partial charge on any atom is 0.273 e. The smallest absolute Gasteiger partial charge is 0.273 e. The molecule has 1 aliphatic heterocycles. The van der Waals surface area contributed by atoms with Gasteiger partial charge in [0.1, 0.15) is 11.6 Å². The topological polar surface area (TPSA) is 89.4 Å². The van der Waals surface area contributed by atoms with E-state index in [1.807, 2.05) is 0 Å². The summed E-state index contributed by atoms with van der Waals surface area (Å²) in [5.41, 5.74) is 0.303. The molecular weight excluding hydrogens is 389 g/mol. The molecule has 9 heteroatoms. The number of rotatable bonds is 7. The number of ether oxygens (including phenoxy) is 1. The molecule has 1 aliphatic carbocycles. The fourth-order valence-electron chi connectivity index (χ4n) is 4.15. The van der Waals surface area contributed by atoms with E-state index in [2.05, 4.69) is 15.6 Å². The molecule has 1 atom stereocenters. The van der Waals surface area contributed by atoms with Gasteiger partial charge in [-0.15, -0.1) is 5.10 Å². The minimum Gasteiger partial charge on any atom is -0.484 e. The number of carbonyl (C=O) groups excluding carboxylic acids is 2. The molecule has 0 bridgehead atoms. The summed E-state index contributed by atoms with van der Waals surface area (Å²) in [5.74, 6) is -0.214. The lowest BCUT2D eigenvalue weighted by atomic mass is 10.2. The Hall–Kier alpha value is -2.97. The molecule has 1 saturated heterocycles. The van der Waals surface area contributed by atoms with Crippen molar-refractivity contribution < 1.29 is 18.7 Å². The molecule has 2 aromatic rings. The highest BCUT2D eigenvalue weighted by atomic mass is 19.1. The lowest BCUT2D eigenvalue weighted by molar-refractivity contribution is -0.134. The van der Waals surface area contributed by atoms with E-state index in [0.717, 1.165) is 38.5 Å². The zero-order chi connectivity index (χ0) is 20.9. The molecule has 0 radical (unpaired) electrons. The van der Waals surface area contributed by atoms with Crippen LogP contribution in [0.2, 0.25) is 0 Å². The number of nitrogens with zero attached hydrogens (tertiary/aromatic N) is 4. The monoisotopic (exact) mass is 415 g/mol. The van der Waals surface area contributed by atoms with E-state index in [-0.39, 0.29) is 36.3 Å². The van der Waals surface area contributed by atoms with E-state index in [0.29, 0.717) is 24.5 Å². The minimum atomic E-state index is -0.350. The van der Waals surface area contributed by atoms with E-state index >= 15 is 0 Å². The van der Waals surface area contributed by atoms with Crippen LogP contribution < -0.4 is 10.1 Å². The van der Waals surface area contributed by atoms with Crippen molar-refractivity contribution in [2.45, 2.75) is 57.2 Å². The molecule has 1 aromatic carbocycles. The van der Waals surface area contributed by atoms with Gasteiger partial charge in [-0.05, 0) is 49.9 Å². The normalized spacial score (nSPS) is 19.2. The third-order valence-electron chi connectivity index (χ3n) is 5.73. The zero-order valence-electron chi connectivity index (χ0n) is 16.8. The molecule has 2 amide bonds. The molecule has 30 heavy (non-hydrogen) atoms. The van der Waals surface area contributed by atoms with E-state index in [1.54, 1.807) is 15.8 Å². The Morgan fingerprint density at radius 2 is 1.90 bits per heavy atom. The highest BCUT2D eigenvalue weighted by Crippen LogP contribution is 2.20. The van der Waals surface area contributed by atoms with E-state index < -0.39 is 0 Å². The van der Waals surface area contributed by atoms with Gasteiger partial charge in [-0.25, -0.2) is 9.07 Å². The van der Waals surface area contributed by atoms with Gasteiger partial charge in [0.15, 0.2) is 12.3 Å². The number of likely N-dealkylation sites (tertiary alicyclic amines) is 1. The predicted octanol–water partition coefficient (Wildman–Crippen LogP) is 2.16. The van der Waals surface area contributed by atoms with Gasteiger partial charge in [0.25, 0.3) is 11.8 Å². The molecule has 160 valence electrons. The van der Waals surface area contributed by atoms with E-state index in [4.69, 9.17) is 4.74 Å². The third kappa shape index (κ3) is 4.95. The van der Waals surface area contributed by atoms with Crippen molar-refractivity contribution in [1.29, 1.82) is 0 Å². The summed E-state index contributed by atoms with van der Waals surface area (Å²) < 4.78 is 20.1. The molecule has 1 saturated carbocycles. The van der Waals surface area contributed by atoms with Crippen molar-refractivity contribution >= 4 is 11.8 Å². The summed E-state index contributed by atoms with van der Waals surface area (Å²) in [5, 5.41) is 11.1. The third-order valence-corrected chi connectivity index (χ3v) is 5.73. The van der Waals surface area contributed by atoms with E-state index in [9.17, 15) is 14.0 Å². The number of amides is 2.